The minimum absolute atomic E-state index is 0. The van der Waals surface area contributed by atoms with Crippen LogP contribution in [0.2, 0.25) is 0 Å². The predicted molar refractivity (Wildman–Crippen MR) is 85.1 cm³/mol. The fourth-order valence-electron chi connectivity index (χ4n) is 0.618. The number of rotatable bonds is 8. The second-order valence-electron chi connectivity index (χ2n) is 4.09. The molecule has 0 aliphatic carbocycles. The number of carbonyl (C=O) groups is 4. The number of aliphatic hydroxyl groups excluding tert-OH is 5. The van der Waals surface area contributed by atoms with E-state index in [2.05, 4.69) is 17.2 Å². The molecule has 15 nitrogen and oxygen atoms in total. The number of aldehydes is 1. The summed E-state index contributed by atoms with van der Waals surface area (Å²) < 4.78 is 0. The maximum absolute atomic E-state index is 9.90. The van der Waals surface area contributed by atoms with Crippen LogP contribution in [0, 0.1) is 0 Å². The van der Waals surface area contributed by atoms with Crippen molar-refractivity contribution < 1.29 is 60.0 Å². The molecule has 0 amide bonds. The molecule has 11 N–H and O–H groups in total. The van der Waals surface area contributed by atoms with Gasteiger partial charge in [0.15, 0.2) is 6.29 Å². The van der Waals surface area contributed by atoms with Gasteiger partial charge in [0.2, 0.25) is 0 Å². The Morgan fingerprint density at radius 2 is 1.04 bits per heavy atom. The number of aliphatic hydroxyl groups is 5. The quantitative estimate of drug-likeness (QED) is 0.0933. The van der Waals surface area contributed by atoms with E-state index in [0.29, 0.717) is 0 Å². The van der Waals surface area contributed by atoms with Gasteiger partial charge in [0.25, 0.3) is 0 Å². The van der Waals surface area contributed by atoms with Crippen molar-refractivity contribution >= 4 is 50.4 Å². The topological polar surface area (TPSA) is 317 Å². The van der Waals surface area contributed by atoms with Crippen molar-refractivity contribution in [3.8, 4) is 0 Å². The average molecular weight is 611 g/mol. The van der Waals surface area contributed by atoms with Gasteiger partial charge in [-0.2, -0.15) is 0 Å². The molecule has 0 aromatic heterocycles. The van der Waals surface area contributed by atoms with Crippen LogP contribution in [0.15, 0.2) is 0 Å². The molecule has 0 saturated heterocycles. The molecular weight excluding hydrogens is 587 g/mol. The van der Waals surface area contributed by atoms with Gasteiger partial charge in [0.1, 0.15) is 24.4 Å². The van der Waals surface area contributed by atoms with E-state index in [9.17, 15) is 4.79 Å². The van der Waals surface area contributed by atoms with Crippen LogP contribution in [-0.4, -0.2) is 127 Å². The standard InChI is InChI=1S/C6H12O6.3C2H5NO2.Bi/c7-1-3(9)5(11)6(12)4(10)2-8;3*3-1-2(4)5;/h1,3-6,8-12H,2H2;3*1,3H2,(H,4,5);/q;;;;+3/p-3/t3-,4+,5+,6+;;;;/m0..../s1. The van der Waals surface area contributed by atoms with Crippen molar-refractivity contribution in [2.75, 3.05) is 26.2 Å². The Hall–Kier alpha value is -1.36. The molecule has 2 radical (unpaired) electrons. The van der Waals surface area contributed by atoms with Gasteiger partial charge in [-0.05, 0) is 0 Å². The number of carboxylic acids is 3. The molecule has 0 aliphatic rings. The van der Waals surface area contributed by atoms with Gasteiger partial charge >= 0.3 is 26.2 Å². The Labute approximate surface area is 178 Å². The summed E-state index contributed by atoms with van der Waals surface area (Å²) in [5.41, 5.74) is 13.5. The zero-order valence-electron chi connectivity index (χ0n) is 14.5. The van der Waals surface area contributed by atoms with E-state index in [1.54, 1.807) is 0 Å². The van der Waals surface area contributed by atoms with Crippen LogP contribution in [0.5, 0.6) is 0 Å². The van der Waals surface area contributed by atoms with Crippen LogP contribution >= 0.6 is 0 Å². The second-order valence-corrected chi connectivity index (χ2v) is 4.09. The molecule has 0 spiro atoms. The van der Waals surface area contributed by atoms with E-state index in [1.807, 2.05) is 0 Å². The summed E-state index contributed by atoms with van der Waals surface area (Å²) in [6.07, 6.45) is -6.84. The number of hydrogen-bond donors (Lipinski definition) is 8. The van der Waals surface area contributed by atoms with E-state index in [-0.39, 0.29) is 52.1 Å². The number of nitrogens with two attached hydrogens (primary N) is 3. The van der Waals surface area contributed by atoms with Crippen LogP contribution in [0.4, 0.5) is 0 Å². The average Bonchev–Trinajstić information content (AvgIpc) is 2.66. The van der Waals surface area contributed by atoms with E-state index in [0.717, 1.165) is 0 Å². The largest absolute Gasteiger partial charge is 3.00 e. The van der Waals surface area contributed by atoms with E-state index in [1.165, 1.54) is 0 Å². The van der Waals surface area contributed by atoms with E-state index < -0.39 is 48.9 Å². The Bertz CT molecular complexity index is 382. The summed E-state index contributed by atoms with van der Waals surface area (Å²) in [6, 6.07) is 0. The molecular formula is C12H24BiN3O12. The van der Waals surface area contributed by atoms with Crippen molar-refractivity contribution in [3.05, 3.63) is 0 Å². The molecule has 0 fully saturated rings. The molecule has 0 aromatic carbocycles. The van der Waals surface area contributed by atoms with Gasteiger partial charge in [-0.15, -0.1) is 0 Å². The Balaban J connectivity index is -0.0000000927. The third kappa shape index (κ3) is 32.3. The fourth-order valence-corrected chi connectivity index (χ4v) is 0.618. The molecule has 0 rings (SSSR count). The zero-order chi connectivity index (χ0) is 22.6. The number of hydrogen-bond acceptors (Lipinski definition) is 15. The number of carbonyl (C=O) groups excluding carboxylic acids is 4. The Morgan fingerprint density at radius 3 is 1.18 bits per heavy atom. The van der Waals surface area contributed by atoms with Crippen molar-refractivity contribution in [1.82, 2.24) is 0 Å². The second kappa shape index (κ2) is 25.6. The van der Waals surface area contributed by atoms with Gasteiger partial charge < -0.3 is 77.2 Å². The molecule has 0 saturated carbocycles. The van der Waals surface area contributed by atoms with Crippen molar-refractivity contribution in [1.29, 1.82) is 0 Å². The molecule has 0 unspecified atom stereocenters. The van der Waals surface area contributed by atoms with Gasteiger partial charge in [0, 0.05) is 19.6 Å². The summed E-state index contributed by atoms with van der Waals surface area (Å²) in [5.74, 6) is -3.65. The Morgan fingerprint density at radius 1 is 0.786 bits per heavy atom. The minimum atomic E-state index is -1.79. The molecule has 16 heteroatoms. The number of aliphatic carboxylic acids is 3. The summed E-state index contributed by atoms with van der Waals surface area (Å²) in [4.78, 5) is 37.3. The Kier molecular flexibility index (Phi) is 34.3. The maximum atomic E-state index is 9.90. The van der Waals surface area contributed by atoms with Crippen LogP contribution in [-0.2, 0) is 19.2 Å². The molecule has 0 bridgehead atoms. The van der Waals surface area contributed by atoms with Crippen LogP contribution in [0.1, 0.15) is 0 Å². The van der Waals surface area contributed by atoms with Crippen molar-refractivity contribution in [2.24, 2.45) is 17.2 Å². The predicted octanol–water partition coefficient (Wildman–Crippen LogP) is -10.7. The number of carboxylic acid groups (broad SMARTS) is 3. The molecule has 0 aliphatic heterocycles. The monoisotopic (exact) mass is 611 g/mol. The molecule has 164 valence electrons. The SMILES string of the molecule is NCC(=O)[O-].NCC(=O)[O-].NCC(=O)[O-].O=C[C@H](O)[C@@H](O)[C@H](O)[C@H](O)CO.[Bi+3]. The van der Waals surface area contributed by atoms with Crippen LogP contribution in [0.25, 0.3) is 0 Å². The zero-order valence-corrected chi connectivity index (χ0v) is 18.0. The molecule has 0 heterocycles. The first-order chi connectivity index (χ1) is 12.4. The first-order valence-corrected chi connectivity index (χ1v) is 6.84. The molecule has 28 heavy (non-hydrogen) atoms. The van der Waals surface area contributed by atoms with Gasteiger partial charge in [-0.1, -0.05) is 0 Å². The van der Waals surface area contributed by atoms with E-state index >= 15 is 0 Å². The van der Waals surface area contributed by atoms with Gasteiger partial charge in [0.05, 0.1) is 24.5 Å². The molecule has 0 aromatic rings. The summed E-state index contributed by atoms with van der Waals surface area (Å²) >= 11 is 0. The smallest absolute Gasteiger partial charge is 0.549 e. The van der Waals surface area contributed by atoms with Crippen LogP contribution < -0.4 is 32.5 Å². The van der Waals surface area contributed by atoms with Gasteiger partial charge in [-0.25, -0.2) is 0 Å². The van der Waals surface area contributed by atoms with Crippen LogP contribution in [0.3, 0.4) is 0 Å². The maximum Gasteiger partial charge on any atom is 3.00 e. The fraction of sp³-hybridized carbons (Fsp3) is 0.667. The van der Waals surface area contributed by atoms with Crippen molar-refractivity contribution in [3.63, 3.8) is 0 Å². The third-order valence-electron chi connectivity index (χ3n) is 1.92. The summed E-state index contributed by atoms with van der Waals surface area (Å²) in [6.45, 7) is -1.93. The van der Waals surface area contributed by atoms with Gasteiger partial charge in [-0.3, -0.25) is 0 Å². The third-order valence-corrected chi connectivity index (χ3v) is 1.92. The van der Waals surface area contributed by atoms with E-state index in [4.69, 9.17) is 55.2 Å². The minimum Gasteiger partial charge on any atom is -0.549 e. The summed E-state index contributed by atoms with van der Waals surface area (Å²) in [5, 5.41) is 70.9. The first-order valence-electron chi connectivity index (χ1n) is 6.84. The first kappa shape index (κ1) is 37.4. The molecule has 4 atom stereocenters. The van der Waals surface area contributed by atoms with Crippen molar-refractivity contribution in [2.45, 2.75) is 24.4 Å². The normalized spacial score (nSPS) is 13.0. The summed E-state index contributed by atoms with van der Waals surface area (Å²) in [7, 11) is 0.